The fraction of sp³-hybridized carbons (Fsp3) is 0.368. The van der Waals surface area contributed by atoms with E-state index in [-0.39, 0.29) is 24.0 Å². The van der Waals surface area contributed by atoms with Crippen LogP contribution < -0.4 is 9.47 Å². The van der Waals surface area contributed by atoms with Gasteiger partial charge < -0.3 is 47.4 Å². The van der Waals surface area contributed by atoms with Crippen molar-refractivity contribution in [2.75, 3.05) is 26.4 Å². The van der Waals surface area contributed by atoms with E-state index in [0.29, 0.717) is 75.7 Å². The minimum atomic E-state index is -1.16. The molecule has 0 saturated carbocycles. The molecule has 0 spiro atoms. The molecular weight excluding hydrogens is 1140 g/mol. The molecule has 12 rings (SSSR count). The van der Waals surface area contributed by atoms with Gasteiger partial charge in [-0.2, -0.15) is 0 Å². The zero-order valence-corrected chi connectivity index (χ0v) is 52.9. The third-order valence-electron chi connectivity index (χ3n) is 18.2. The largest absolute Gasteiger partial charge is 0.494 e. The Labute approximate surface area is 530 Å². The fourth-order valence-electron chi connectivity index (χ4n) is 13.0. The number of halogens is 2. The first-order valence-corrected chi connectivity index (χ1v) is 32.0. The molecule has 4 fully saturated rings. The highest BCUT2D eigenvalue weighted by Crippen LogP contribution is 2.57. The van der Waals surface area contributed by atoms with Crippen LogP contribution in [0.4, 0.5) is 0 Å². The van der Waals surface area contributed by atoms with Crippen LogP contribution in [0.15, 0.2) is 206 Å². The fourth-order valence-corrected chi connectivity index (χ4v) is 13.4. The van der Waals surface area contributed by atoms with E-state index in [4.69, 9.17) is 70.6 Å². The van der Waals surface area contributed by atoms with Crippen LogP contribution in [0.5, 0.6) is 11.5 Å². The van der Waals surface area contributed by atoms with Gasteiger partial charge in [-0.15, -0.1) is 0 Å². The summed E-state index contributed by atoms with van der Waals surface area (Å²) in [6.45, 7) is 16.6. The second-order valence-corrected chi connectivity index (χ2v) is 24.4. The molecule has 8 aromatic carbocycles. The van der Waals surface area contributed by atoms with Gasteiger partial charge in [-0.05, 0) is 133 Å². The van der Waals surface area contributed by atoms with Gasteiger partial charge in [0.15, 0.2) is 0 Å². The summed E-state index contributed by atoms with van der Waals surface area (Å²) in [5.74, 6) is -0.538. The molecule has 4 aliphatic rings. The van der Waals surface area contributed by atoms with Gasteiger partial charge in [0, 0.05) is 33.0 Å². The van der Waals surface area contributed by atoms with Crippen molar-refractivity contribution >= 4 is 23.2 Å². The molecule has 2 unspecified atom stereocenters. The van der Waals surface area contributed by atoms with Crippen LogP contribution >= 0.6 is 23.2 Å². The van der Waals surface area contributed by atoms with Gasteiger partial charge >= 0.3 is 0 Å². The summed E-state index contributed by atoms with van der Waals surface area (Å²) in [7, 11) is 0. The Morgan fingerprint density at radius 3 is 1.05 bits per heavy atom. The van der Waals surface area contributed by atoms with Crippen LogP contribution in [0.3, 0.4) is 0 Å². The lowest BCUT2D eigenvalue weighted by Crippen LogP contribution is -2.62. The zero-order valence-electron chi connectivity index (χ0n) is 51.4. The maximum Gasteiger partial charge on any atom is 0.225 e. The highest BCUT2D eigenvalue weighted by Gasteiger charge is 2.68. The lowest BCUT2D eigenvalue weighted by Gasteiger charge is -2.50. The molecule has 12 heteroatoms. The van der Waals surface area contributed by atoms with Gasteiger partial charge in [0.2, 0.25) is 11.6 Å². The van der Waals surface area contributed by atoms with E-state index < -0.39 is 35.0 Å². The molecular formula is C76H82Cl2O10. The SMILES string of the molecule is CCOc1ccc(Cc2cc(C34OCC(CC)(O3)[C@@H](C)[C@H](OCc3ccccc3)[C@H]4OCc3ccccc3)ccc2Cl)cc1.CCOc1ccc(Cc2cc([C@@]34OC[C@@](CC)(O3)[C@@H](C)[C@H](OCc3ccccc3)[C@H]4OCc3ccccc3)ccc2Cl)cc1. The van der Waals surface area contributed by atoms with Gasteiger partial charge in [0.25, 0.3) is 0 Å². The predicted molar refractivity (Wildman–Crippen MR) is 346 cm³/mol. The average Bonchev–Trinajstić information content (AvgIpc) is 1.90. The van der Waals surface area contributed by atoms with E-state index in [1.165, 1.54) is 0 Å². The van der Waals surface area contributed by atoms with Gasteiger partial charge in [-0.25, -0.2) is 0 Å². The van der Waals surface area contributed by atoms with Crippen LogP contribution in [-0.4, -0.2) is 62.0 Å². The lowest BCUT2D eigenvalue weighted by atomic mass is 9.76. The predicted octanol–water partition coefficient (Wildman–Crippen LogP) is 17.0. The van der Waals surface area contributed by atoms with E-state index in [1.54, 1.807) is 0 Å². The van der Waals surface area contributed by atoms with Crippen molar-refractivity contribution in [2.45, 2.75) is 141 Å². The minimum absolute atomic E-state index is 0.0308. The molecule has 0 amide bonds. The number of rotatable bonds is 24. The minimum Gasteiger partial charge on any atom is -0.494 e. The Bertz CT molecular complexity index is 3260. The Balaban J connectivity index is 0.000000182. The average molecular weight is 1230 g/mol. The molecule has 4 heterocycles. The van der Waals surface area contributed by atoms with E-state index in [1.807, 2.05) is 135 Å². The summed E-state index contributed by atoms with van der Waals surface area (Å²) in [5.41, 5.74) is 9.40. The van der Waals surface area contributed by atoms with Crippen molar-refractivity contribution in [2.24, 2.45) is 11.8 Å². The lowest BCUT2D eigenvalue weighted by molar-refractivity contribution is -0.334. The van der Waals surface area contributed by atoms with E-state index >= 15 is 0 Å². The first-order valence-electron chi connectivity index (χ1n) is 31.2. The molecule has 8 aromatic rings. The summed E-state index contributed by atoms with van der Waals surface area (Å²) in [6, 6.07) is 69.4. The Morgan fingerprint density at radius 1 is 0.398 bits per heavy atom. The van der Waals surface area contributed by atoms with Gasteiger partial charge in [0.05, 0.1) is 65.1 Å². The van der Waals surface area contributed by atoms with E-state index in [2.05, 4.69) is 113 Å². The second kappa shape index (κ2) is 28.6. The maximum atomic E-state index is 7.10. The molecule has 10 atom stereocenters. The molecule has 0 aliphatic carbocycles. The van der Waals surface area contributed by atoms with Crippen LogP contribution in [0.2, 0.25) is 10.0 Å². The molecule has 4 bridgehead atoms. The van der Waals surface area contributed by atoms with Crippen LogP contribution in [0, 0.1) is 11.8 Å². The Hall–Kier alpha value is -6.38. The normalized spacial score (nSPS) is 26.0. The molecule has 0 radical (unpaired) electrons. The summed E-state index contributed by atoms with van der Waals surface area (Å²) >= 11 is 13.6. The summed E-state index contributed by atoms with van der Waals surface area (Å²) in [6.07, 6.45) is 1.30. The first-order chi connectivity index (χ1) is 42.9. The van der Waals surface area contributed by atoms with Crippen molar-refractivity contribution < 1.29 is 47.4 Å². The number of hydrogen-bond donors (Lipinski definition) is 0. The summed E-state index contributed by atoms with van der Waals surface area (Å²) in [4.78, 5) is 0. The standard InChI is InChI=1S/2C38H41ClO5/c2*1-4-37-26-43-38(44-37,32-18-21-34(39)31(23-32)22-28-16-19-33(20-17-28)40-5-2)36(42-25-30-14-10-7-11-15-30)35(27(37)3)41-24-29-12-8-6-9-13-29/h2*6-21,23,27,35-36H,4-5,22,24-26H2,1-3H3/t27-,35-,36+,37?,38?;27-,35-,36+,37+,38+/m00/s1. The highest BCUT2D eigenvalue weighted by molar-refractivity contribution is 6.31. The van der Waals surface area contributed by atoms with Crippen molar-refractivity contribution in [1.29, 1.82) is 0 Å². The number of benzene rings is 8. The topological polar surface area (TPSA) is 92.3 Å². The summed E-state index contributed by atoms with van der Waals surface area (Å²) in [5, 5.41) is 1.39. The Kier molecular flexibility index (Phi) is 20.6. The van der Waals surface area contributed by atoms with Crippen LogP contribution in [0.25, 0.3) is 0 Å². The maximum absolute atomic E-state index is 7.10. The Morgan fingerprint density at radius 2 is 0.727 bits per heavy atom. The van der Waals surface area contributed by atoms with Crippen molar-refractivity contribution in [1.82, 2.24) is 0 Å². The highest BCUT2D eigenvalue weighted by atomic mass is 35.5. The number of hydrogen-bond acceptors (Lipinski definition) is 10. The molecule has 10 nitrogen and oxygen atoms in total. The first kappa shape index (κ1) is 63.2. The van der Waals surface area contributed by atoms with Crippen molar-refractivity contribution in [3.8, 4) is 11.5 Å². The third kappa shape index (κ3) is 13.7. The molecule has 0 N–H and O–H groups in total. The molecule has 4 saturated heterocycles. The van der Waals surface area contributed by atoms with Crippen molar-refractivity contribution in [3.05, 3.63) is 272 Å². The molecule has 460 valence electrons. The van der Waals surface area contributed by atoms with Crippen LogP contribution in [0.1, 0.15) is 110 Å². The number of fused-ring (bicyclic) bond motifs is 4. The summed E-state index contributed by atoms with van der Waals surface area (Å²) < 4.78 is 66.3. The quantitative estimate of drug-likeness (QED) is 0.0582. The molecule has 0 aromatic heterocycles. The van der Waals surface area contributed by atoms with Gasteiger partial charge in [0.1, 0.15) is 34.9 Å². The molecule has 88 heavy (non-hydrogen) atoms. The number of ether oxygens (including phenoxy) is 10. The van der Waals surface area contributed by atoms with E-state index in [9.17, 15) is 0 Å². The van der Waals surface area contributed by atoms with Crippen LogP contribution in [-0.2, 0) is 88.7 Å². The molecule has 4 aliphatic heterocycles. The van der Waals surface area contributed by atoms with Gasteiger partial charge in [-0.1, -0.05) is 209 Å². The van der Waals surface area contributed by atoms with E-state index in [0.717, 1.165) is 80.0 Å². The second-order valence-electron chi connectivity index (χ2n) is 23.6. The van der Waals surface area contributed by atoms with Crippen molar-refractivity contribution in [3.63, 3.8) is 0 Å². The monoisotopic (exact) mass is 1220 g/mol. The zero-order chi connectivity index (χ0) is 61.1. The smallest absolute Gasteiger partial charge is 0.225 e. The third-order valence-corrected chi connectivity index (χ3v) is 19.0. The van der Waals surface area contributed by atoms with Gasteiger partial charge in [-0.3, -0.25) is 0 Å².